The van der Waals surface area contributed by atoms with E-state index in [9.17, 15) is 14.7 Å². The highest BCUT2D eigenvalue weighted by Gasteiger charge is 2.16. The molecule has 114 valence electrons. The molecule has 1 aliphatic rings. The van der Waals surface area contributed by atoms with Crippen LogP contribution in [0.15, 0.2) is 18.2 Å². The maximum absolute atomic E-state index is 11.8. The average molecular weight is 310 g/mol. The number of nitrogens with one attached hydrogen (secondary N) is 2. The zero-order valence-electron chi connectivity index (χ0n) is 11.5. The van der Waals surface area contributed by atoms with Crippen molar-refractivity contribution in [1.29, 1.82) is 0 Å². The Morgan fingerprint density at radius 1 is 1.29 bits per heavy atom. The number of aromatic carboxylic acids is 1. The first-order chi connectivity index (χ1) is 10.1. The molecule has 4 N–H and O–H groups in total. The van der Waals surface area contributed by atoms with Crippen LogP contribution in [0.3, 0.4) is 0 Å². The highest BCUT2D eigenvalue weighted by atomic mass is 32.2. The van der Waals surface area contributed by atoms with Gasteiger partial charge < -0.3 is 20.8 Å². The van der Waals surface area contributed by atoms with E-state index in [1.165, 1.54) is 12.1 Å². The molecule has 7 heteroatoms. The lowest BCUT2D eigenvalue weighted by Gasteiger charge is -2.21. The smallest absolute Gasteiger partial charge is 0.337 e. The number of aromatic hydroxyl groups is 1. The van der Waals surface area contributed by atoms with Gasteiger partial charge in [-0.25, -0.2) is 9.59 Å². The molecule has 0 spiro atoms. The summed E-state index contributed by atoms with van der Waals surface area (Å²) < 4.78 is 0. The molecule has 1 heterocycles. The van der Waals surface area contributed by atoms with Gasteiger partial charge in [0, 0.05) is 6.54 Å². The molecule has 1 aliphatic heterocycles. The number of phenols is 1. The van der Waals surface area contributed by atoms with Crippen LogP contribution in [0.5, 0.6) is 5.75 Å². The van der Waals surface area contributed by atoms with Crippen molar-refractivity contribution in [3.63, 3.8) is 0 Å². The van der Waals surface area contributed by atoms with Crippen molar-refractivity contribution in [2.45, 2.75) is 12.8 Å². The van der Waals surface area contributed by atoms with Gasteiger partial charge in [-0.2, -0.15) is 11.8 Å². The van der Waals surface area contributed by atoms with E-state index >= 15 is 0 Å². The summed E-state index contributed by atoms with van der Waals surface area (Å²) in [4.78, 5) is 22.9. The molecular formula is C14H18N2O4S. The van der Waals surface area contributed by atoms with E-state index in [0.29, 0.717) is 12.5 Å². The molecule has 0 aliphatic carbocycles. The number of benzene rings is 1. The quantitative estimate of drug-likeness (QED) is 0.640. The molecule has 1 fully saturated rings. The fourth-order valence-corrected chi connectivity index (χ4v) is 3.38. The standard InChI is InChI=1S/C14H18N2O4S/c17-10-1-2-12(11(7-10)13(18)19)16-14(20)15-8-9-3-5-21-6-4-9/h1-2,7,9,17H,3-6,8H2,(H,18,19)(H2,15,16,20). The number of urea groups is 1. The fraction of sp³-hybridized carbons (Fsp3) is 0.429. The number of hydrogen-bond acceptors (Lipinski definition) is 4. The summed E-state index contributed by atoms with van der Waals surface area (Å²) in [6.07, 6.45) is 2.18. The summed E-state index contributed by atoms with van der Waals surface area (Å²) in [5, 5.41) is 23.6. The Bertz CT molecular complexity index is 530. The van der Waals surface area contributed by atoms with Gasteiger partial charge in [-0.3, -0.25) is 0 Å². The maximum atomic E-state index is 11.8. The van der Waals surface area contributed by atoms with Crippen molar-refractivity contribution < 1.29 is 19.8 Å². The first-order valence-electron chi connectivity index (χ1n) is 6.75. The van der Waals surface area contributed by atoms with Crippen molar-refractivity contribution in [3.05, 3.63) is 23.8 Å². The number of carboxylic acid groups (broad SMARTS) is 1. The molecule has 1 saturated heterocycles. The first kappa shape index (κ1) is 15.5. The topological polar surface area (TPSA) is 98.7 Å². The van der Waals surface area contributed by atoms with Crippen LogP contribution in [0.4, 0.5) is 10.5 Å². The molecule has 0 atom stereocenters. The van der Waals surface area contributed by atoms with Gasteiger partial charge >= 0.3 is 12.0 Å². The molecule has 0 saturated carbocycles. The van der Waals surface area contributed by atoms with Crippen molar-refractivity contribution in [2.75, 3.05) is 23.4 Å². The number of amides is 2. The molecule has 0 radical (unpaired) electrons. The lowest BCUT2D eigenvalue weighted by Crippen LogP contribution is -2.34. The summed E-state index contributed by atoms with van der Waals surface area (Å²) in [6.45, 7) is 0.590. The van der Waals surface area contributed by atoms with Crippen molar-refractivity contribution >= 4 is 29.4 Å². The average Bonchev–Trinajstić information content (AvgIpc) is 2.48. The third kappa shape index (κ3) is 4.56. The van der Waals surface area contributed by atoms with Crippen LogP contribution in [0.2, 0.25) is 0 Å². The molecule has 2 rings (SSSR count). The van der Waals surface area contributed by atoms with Crippen LogP contribution in [-0.2, 0) is 0 Å². The summed E-state index contributed by atoms with van der Waals surface area (Å²) in [6, 6.07) is 3.38. The Kier molecular flexibility index (Phi) is 5.32. The van der Waals surface area contributed by atoms with Crippen LogP contribution in [-0.4, -0.2) is 40.3 Å². The highest BCUT2D eigenvalue weighted by Crippen LogP contribution is 2.23. The number of carbonyl (C=O) groups is 2. The number of carboxylic acids is 1. The molecule has 0 unspecified atom stereocenters. The Morgan fingerprint density at radius 3 is 2.67 bits per heavy atom. The van der Waals surface area contributed by atoms with E-state index in [4.69, 9.17) is 5.11 Å². The molecule has 0 aromatic heterocycles. The number of anilines is 1. The molecular weight excluding hydrogens is 292 g/mol. The summed E-state index contributed by atoms with van der Waals surface area (Å²) in [5.74, 6) is 1.36. The van der Waals surface area contributed by atoms with Crippen LogP contribution in [0.25, 0.3) is 0 Å². The second kappa shape index (κ2) is 7.21. The first-order valence-corrected chi connectivity index (χ1v) is 7.90. The lowest BCUT2D eigenvalue weighted by atomic mass is 10.0. The van der Waals surface area contributed by atoms with Gasteiger partial charge in [0.15, 0.2) is 0 Å². The molecule has 1 aromatic rings. The number of thioether (sulfide) groups is 1. The lowest BCUT2D eigenvalue weighted by molar-refractivity contribution is 0.0697. The van der Waals surface area contributed by atoms with Crippen molar-refractivity contribution in [2.24, 2.45) is 5.92 Å². The molecule has 0 bridgehead atoms. The zero-order chi connectivity index (χ0) is 15.2. The maximum Gasteiger partial charge on any atom is 0.337 e. The van der Waals surface area contributed by atoms with Gasteiger partial charge in [0.25, 0.3) is 0 Å². The molecule has 6 nitrogen and oxygen atoms in total. The molecule has 2 amide bonds. The monoisotopic (exact) mass is 310 g/mol. The number of hydrogen-bond donors (Lipinski definition) is 4. The molecule has 21 heavy (non-hydrogen) atoms. The third-order valence-corrected chi connectivity index (χ3v) is 4.42. The van der Waals surface area contributed by atoms with E-state index in [1.807, 2.05) is 11.8 Å². The minimum Gasteiger partial charge on any atom is -0.508 e. The number of rotatable bonds is 4. The van der Waals surface area contributed by atoms with Crippen LogP contribution in [0.1, 0.15) is 23.2 Å². The Balaban J connectivity index is 1.91. The fourth-order valence-electron chi connectivity index (χ4n) is 2.17. The predicted molar refractivity (Wildman–Crippen MR) is 82.1 cm³/mol. The Labute approximate surface area is 126 Å². The van der Waals surface area contributed by atoms with Crippen LogP contribution in [0, 0.1) is 5.92 Å². The second-order valence-electron chi connectivity index (χ2n) is 4.93. The summed E-state index contributed by atoms with van der Waals surface area (Å²) in [7, 11) is 0. The number of carbonyl (C=O) groups excluding carboxylic acids is 1. The highest BCUT2D eigenvalue weighted by molar-refractivity contribution is 7.99. The van der Waals surface area contributed by atoms with E-state index in [-0.39, 0.29) is 17.0 Å². The third-order valence-electron chi connectivity index (χ3n) is 3.37. The molecule has 1 aromatic carbocycles. The second-order valence-corrected chi connectivity index (χ2v) is 6.15. The van der Waals surface area contributed by atoms with Gasteiger partial charge in [-0.15, -0.1) is 0 Å². The zero-order valence-corrected chi connectivity index (χ0v) is 12.3. The SMILES string of the molecule is O=C(NCC1CCSCC1)Nc1ccc(O)cc1C(=O)O. The Hall–Kier alpha value is -1.89. The van der Waals surface area contributed by atoms with Gasteiger partial charge in [0.05, 0.1) is 11.3 Å². The van der Waals surface area contributed by atoms with Crippen LogP contribution < -0.4 is 10.6 Å². The minimum absolute atomic E-state index is 0.140. The normalized spacial score (nSPS) is 15.4. The van der Waals surface area contributed by atoms with Gasteiger partial charge in [-0.1, -0.05) is 0 Å². The van der Waals surface area contributed by atoms with E-state index in [0.717, 1.165) is 30.4 Å². The minimum atomic E-state index is -1.20. The van der Waals surface area contributed by atoms with Crippen molar-refractivity contribution in [3.8, 4) is 5.75 Å². The van der Waals surface area contributed by atoms with Gasteiger partial charge in [-0.05, 0) is 48.5 Å². The van der Waals surface area contributed by atoms with E-state index < -0.39 is 12.0 Å². The summed E-state index contributed by atoms with van der Waals surface area (Å²) >= 11 is 1.92. The predicted octanol–water partition coefficient (Wildman–Crippen LogP) is 2.36. The van der Waals surface area contributed by atoms with E-state index in [1.54, 1.807) is 0 Å². The van der Waals surface area contributed by atoms with Gasteiger partial charge in [0.1, 0.15) is 5.75 Å². The summed E-state index contributed by atoms with van der Waals surface area (Å²) in [5.41, 5.74) is 0.0243. The van der Waals surface area contributed by atoms with Gasteiger partial charge in [0.2, 0.25) is 0 Å². The Morgan fingerprint density at radius 2 is 2.00 bits per heavy atom. The van der Waals surface area contributed by atoms with Crippen molar-refractivity contribution in [1.82, 2.24) is 5.32 Å². The van der Waals surface area contributed by atoms with E-state index in [2.05, 4.69) is 10.6 Å². The number of phenolic OH excluding ortho intramolecular Hbond substituents is 1. The van der Waals surface area contributed by atoms with Crippen LogP contribution >= 0.6 is 11.8 Å². The largest absolute Gasteiger partial charge is 0.508 e.